The van der Waals surface area contributed by atoms with Crippen molar-refractivity contribution in [2.75, 3.05) is 25.0 Å². The van der Waals surface area contributed by atoms with E-state index in [4.69, 9.17) is 4.74 Å². The molecule has 2 aromatic rings. The Kier molecular flexibility index (Phi) is 3.27. The number of anilines is 1. The smallest absolute Gasteiger partial charge is 0.124 e. The lowest BCUT2D eigenvalue weighted by Crippen LogP contribution is -2.44. The second-order valence-corrected chi connectivity index (χ2v) is 5.87. The van der Waals surface area contributed by atoms with Crippen LogP contribution in [0.25, 0.3) is 0 Å². The summed E-state index contributed by atoms with van der Waals surface area (Å²) in [4.78, 5) is 0. The highest BCUT2D eigenvalue weighted by atomic mass is 16.5. The van der Waals surface area contributed by atoms with E-state index in [0.29, 0.717) is 12.0 Å². The molecule has 0 unspecified atom stereocenters. The van der Waals surface area contributed by atoms with Gasteiger partial charge in [0.15, 0.2) is 0 Å². The van der Waals surface area contributed by atoms with Gasteiger partial charge in [0.25, 0.3) is 0 Å². The van der Waals surface area contributed by atoms with Gasteiger partial charge in [-0.3, -0.25) is 0 Å². The van der Waals surface area contributed by atoms with Crippen molar-refractivity contribution < 1.29 is 4.74 Å². The molecule has 0 aliphatic carbocycles. The van der Waals surface area contributed by atoms with Gasteiger partial charge in [0.05, 0.1) is 6.20 Å². The number of para-hydroxylation sites is 1. The van der Waals surface area contributed by atoms with Crippen molar-refractivity contribution in [3.63, 3.8) is 0 Å². The third-order valence-electron chi connectivity index (χ3n) is 4.29. The zero-order valence-corrected chi connectivity index (χ0v) is 12.0. The summed E-state index contributed by atoms with van der Waals surface area (Å²) in [5, 5.41) is 11.4. The highest BCUT2D eigenvalue weighted by molar-refractivity contribution is 5.36. The van der Waals surface area contributed by atoms with Gasteiger partial charge in [0.1, 0.15) is 18.2 Å². The maximum atomic E-state index is 5.82. The molecule has 1 aromatic heterocycles. The van der Waals surface area contributed by atoms with Gasteiger partial charge in [0.2, 0.25) is 0 Å². The fourth-order valence-electron chi connectivity index (χ4n) is 3.12. The normalized spacial score (nSPS) is 23.6. The minimum absolute atomic E-state index is 0.402. The summed E-state index contributed by atoms with van der Waals surface area (Å²) >= 11 is 0. The quantitative estimate of drug-likeness (QED) is 0.897. The molecule has 0 bridgehead atoms. The van der Waals surface area contributed by atoms with Crippen LogP contribution in [0.1, 0.15) is 5.56 Å². The van der Waals surface area contributed by atoms with Gasteiger partial charge in [-0.25, -0.2) is 4.68 Å². The Labute approximate surface area is 124 Å². The van der Waals surface area contributed by atoms with Gasteiger partial charge >= 0.3 is 0 Å². The minimum Gasteiger partial charge on any atom is -0.492 e. The first-order valence-corrected chi connectivity index (χ1v) is 7.58. The number of benzene rings is 1. The van der Waals surface area contributed by atoms with E-state index in [2.05, 4.69) is 33.9 Å². The first kappa shape index (κ1) is 12.7. The predicted octanol–water partition coefficient (Wildman–Crippen LogP) is 1.52. The van der Waals surface area contributed by atoms with Crippen LogP contribution in [0.15, 0.2) is 36.5 Å². The van der Waals surface area contributed by atoms with Crippen LogP contribution >= 0.6 is 0 Å². The molecule has 21 heavy (non-hydrogen) atoms. The molecule has 0 saturated carbocycles. The van der Waals surface area contributed by atoms with Crippen molar-refractivity contribution >= 4 is 5.82 Å². The summed E-state index contributed by atoms with van der Waals surface area (Å²) in [6, 6.07) is 10.7. The fourth-order valence-corrected chi connectivity index (χ4v) is 3.12. The van der Waals surface area contributed by atoms with Crippen molar-refractivity contribution in [1.82, 2.24) is 15.1 Å². The molecule has 2 N–H and O–H groups in total. The second-order valence-electron chi connectivity index (χ2n) is 5.87. The van der Waals surface area contributed by atoms with E-state index in [1.807, 2.05) is 23.0 Å². The summed E-state index contributed by atoms with van der Waals surface area (Å²) in [7, 11) is 0. The summed E-state index contributed by atoms with van der Waals surface area (Å²) in [5.74, 6) is 2.73. The van der Waals surface area contributed by atoms with E-state index < -0.39 is 0 Å². The lowest BCUT2D eigenvalue weighted by atomic mass is 10.0. The number of nitrogens with one attached hydrogen (secondary N) is 2. The Morgan fingerprint density at radius 1 is 1.33 bits per heavy atom. The molecule has 0 amide bonds. The zero-order valence-electron chi connectivity index (χ0n) is 12.0. The molecule has 4 rings (SSSR count). The lowest BCUT2D eigenvalue weighted by molar-refractivity contribution is 0.230. The van der Waals surface area contributed by atoms with Crippen LogP contribution in [0, 0.1) is 5.92 Å². The number of ether oxygens (including phenoxy) is 1. The monoisotopic (exact) mass is 284 g/mol. The maximum Gasteiger partial charge on any atom is 0.124 e. The van der Waals surface area contributed by atoms with E-state index in [1.165, 1.54) is 5.56 Å². The first-order chi connectivity index (χ1) is 10.4. The van der Waals surface area contributed by atoms with Crippen LogP contribution in [-0.2, 0) is 13.0 Å². The average molecular weight is 284 g/mol. The molecule has 2 atom stereocenters. The summed E-state index contributed by atoms with van der Waals surface area (Å²) in [6.07, 6.45) is 2.90. The van der Waals surface area contributed by atoms with Gasteiger partial charge < -0.3 is 15.4 Å². The molecular formula is C16H20N4O. The van der Waals surface area contributed by atoms with Crippen LogP contribution in [0.3, 0.4) is 0 Å². The Bertz CT molecular complexity index is 624. The Balaban J connectivity index is 1.32. The number of hydrogen-bond acceptors (Lipinski definition) is 4. The Morgan fingerprint density at radius 2 is 2.29 bits per heavy atom. The summed E-state index contributed by atoms with van der Waals surface area (Å²) < 4.78 is 7.87. The molecule has 0 radical (unpaired) electrons. The van der Waals surface area contributed by atoms with Crippen molar-refractivity contribution in [2.24, 2.45) is 5.92 Å². The van der Waals surface area contributed by atoms with E-state index in [0.717, 1.165) is 44.2 Å². The van der Waals surface area contributed by atoms with Crippen LogP contribution in [0.2, 0.25) is 0 Å². The number of fused-ring (bicyclic) bond motifs is 2. The molecule has 1 aromatic carbocycles. The first-order valence-electron chi connectivity index (χ1n) is 7.58. The third kappa shape index (κ3) is 2.61. The summed E-state index contributed by atoms with van der Waals surface area (Å²) in [6.45, 7) is 3.72. The molecular weight excluding hydrogens is 264 g/mol. The largest absolute Gasteiger partial charge is 0.492 e. The Hall–Kier alpha value is -2.01. The van der Waals surface area contributed by atoms with Gasteiger partial charge in [-0.2, -0.15) is 5.10 Å². The molecule has 2 aliphatic rings. The topological polar surface area (TPSA) is 51.1 Å². The molecule has 0 saturated heterocycles. The predicted molar refractivity (Wildman–Crippen MR) is 81.6 cm³/mol. The van der Waals surface area contributed by atoms with Crippen molar-refractivity contribution in [3.05, 3.63) is 42.1 Å². The molecule has 3 heterocycles. The molecule has 2 aliphatic heterocycles. The van der Waals surface area contributed by atoms with E-state index in [-0.39, 0.29) is 0 Å². The highest BCUT2D eigenvalue weighted by Crippen LogP contribution is 2.24. The van der Waals surface area contributed by atoms with Crippen LogP contribution in [0.4, 0.5) is 5.82 Å². The standard InChI is InChI=1S/C16H20N4O/c1-2-4-15-13(3-1)7-14(11-21-15)17-8-12-9-18-16-5-6-19-20(16)10-12/h1-6,12,14,17-18H,7-11H2/t12-,14-/m0/s1. The summed E-state index contributed by atoms with van der Waals surface area (Å²) in [5.41, 5.74) is 1.30. The fraction of sp³-hybridized carbons (Fsp3) is 0.438. The lowest BCUT2D eigenvalue weighted by Gasteiger charge is -2.30. The minimum atomic E-state index is 0.402. The van der Waals surface area contributed by atoms with Crippen LogP contribution in [-0.4, -0.2) is 35.5 Å². The van der Waals surface area contributed by atoms with E-state index >= 15 is 0 Å². The molecule has 5 heteroatoms. The maximum absolute atomic E-state index is 5.82. The van der Waals surface area contributed by atoms with Crippen molar-refractivity contribution in [1.29, 1.82) is 0 Å². The van der Waals surface area contributed by atoms with Gasteiger partial charge in [-0.1, -0.05) is 18.2 Å². The second kappa shape index (κ2) is 5.41. The number of hydrogen-bond donors (Lipinski definition) is 2. The molecule has 0 fully saturated rings. The average Bonchev–Trinajstić information content (AvgIpc) is 3.00. The number of aromatic nitrogens is 2. The van der Waals surface area contributed by atoms with Gasteiger partial charge in [-0.05, 0) is 18.1 Å². The number of nitrogens with zero attached hydrogens (tertiary/aromatic N) is 2. The SMILES string of the molecule is c1ccc2c(c1)C[C@H](NC[C@H]1CNc3ccnn3C1)CO2. The van der Waals surface area contributed by atoms with Crippen LogP contribution in [0.5, 0.6) is 5.75 Å². The zero-order chi connectivity index (χ0) is 14.1. The van der Waals surface area contributed by atoms with Gasteiger partial charge in [0, 0.05) is 37.7 Å². The van der Waals surface area contributed by atoms with Crippen LogP contribution < -0.4 is 15.4 Å². The molecule has 0 spiro atoms. The highest BCUT2D eigenvalue weighted by Gasteiger charge is 2.22. The number of rotatable bonds is 3. The third-order valence-corrected chi connectivity index (χ3v) is 4.29. The van der Waals surface area contributed by atoms with E-state index in [9.17, 15) is 0 Å². The Morgan fingerprint density at radius 3 is 3.29 bits per heavy atom. The van der Waals surface area contributed by atoms with E-state index in [1.54, 1.807) is 0 Å². The van der Waals surface area contributed by atoms with Crippen molar-refractivity contribution in [2.45, 2.75) is 19.0 Å². The molecule has 110 valence electrons. The van der Waals surface area contributed by atoms with Gasteiger partial charge in [-0.15, -0.1) is 0 Å². The van der Waals surface area contributed by atoms with Crippen molar-refractivity contribution in [3.8, 4) is 5.75 Å². The molecule has 5 nitrogen and oxygen atoms in total.